The van der Waals surface area contributed by atoms with Crippen LogP contribution in [-0.2, 0) is 12.8 Å². The van der Waals surface area contributed by atoms with E-state index in [0.29, 0.717) is 12.3 Å². The molecule has 0 radical (unpaired) electrons. The molecule has 1 aliphatic rings. The fraction of sp³-hybridized carbons (Fsp3) is 0.500. The van der Waals surface area contributed by atoms with Crippen molar-refractivity contribution in [3.05, 3.63) is 71.3 Å². The maximum atomic E-state index is 10.2. The third-order valence-electron chi connectivity index (χ3n) is 5.87. The number of benzene rings is 2. The van der Waals surface area contributed by atoms with Crippen molar-refractivity contribution in [2.45, 2.75) is 58.2 Å². The molecule has 5 atom stereocenters. The topological polar surface area (TPSA) is 40.5 Å². The van der Waals surface area contributed by atoms with Crippen LogP contribution >= 0.6 is 0 Å². The lowest BCUT2D eigenvalue weighted by Gasteiger charge is -2.21. The van der Waals surface area contributed by atoms with Gasteiger partial charge in [0.15, 0.2) is 0 Å². The zero-order chi connectivity index (χ0) is 18.7. The minimum atomic E-state index is -0.700. The van der Waals surface area contributed by atoms with Crippen LogP contribution < -0.4 is 0 Å². The van der Waals surface area contributed by atoms with Gasteiger partial charge < -0.3 is 10.2 Å². The van der Waals surface area contributed by atoms with Crippen molar-refractivity contribution in [1.82, 2.24) is 0 Å². The fourth-order valence-electron chi connectivity index (χ4n) is 4.14. The molecule has 1 aliphatic carbocycles. The highest BCUT2D eigenvalue weighted by atomic mass is 16.3. The highest BCUT2D eigenvalue weighted by molar-refractivity contribution is 5.28. The van der Waals surface area contributed by atoms with Gasteiger partial charge in [-0.15, -0.1) is 0 Å². The second-order valence-electron chi connectivity index (χ2n) is 8.42. The standard InChI is InChI=1S/C24H32O2/c1-16(2)24(26)23(25)14-19-9-7-8-18(13-19)12-17(3)21-15-22(21)20-10-5-4-6-11-20/h4-11,13,16-17,21-26H,12,14-15H2,1-3H3/t17?,21-,22-,23+,24+/m0/s1. The summed E-state index contributed by atoms with van der Waals surface area (Å²) < 4.78 is 0. The quantitative estimate of drug-likeness (QED) is 0.729. The molecule has 0 heterocycles. The minimum Gasteiger partial charge on any atom is -0.390 e. The highest BCUT2D eigenvalue weighted by Crippen LogP contribution is 2.52. The van der Waals surface area contributed by atoms with Crippen LogP contribution in [0.1, 0.15) is 49.8 Å². The lowest BCUT2D eigenvalue weighted by atomic mass is 9.91. The summed E-state index contributed by atoms with van der Waals surface area (Å²) in [5.74, 6) is 2.21. The molecule has 0 amide bonds. The Morgan fingerprint density at radius 1 is 0.885 bits per heavy atom. The van der Waals surface area contributed by atoms with E-state index < -0.39 is 12.2 Å². The van der Waals surface area contributed by atoms with Crippen molar-refractivity contribution in [2.75, 3.05) is 0 Å². The molecule has 2 aromatic rings. The van der Waals surface area contributed by atoms with Crippen molar-refractivity contribution < 1.29 is 10.2 Å². The third-order valence-corrected chi connectivity index (χ3v) is 5.87. The smallest absolute Gasteiger partial charge is 0.0841 e. The van der Waals surface area contributed by atoms with Crippen LogP contribution in [0.3, 0.4) is 0 Å². The van der Waals surface area contributed by atoms with E-state index in [0.717, 1.165) is 23.8 Å². The molecule has 1 fully saturated rings. The number of rotatable bonds is 8. The third kappa shape index (κ3) is 4.75. The van der Waals surface area contributed by atoms with Gasteiger partial charge in [0.1, 0.15) is 0 Å². The van der Waals surface area contributed by atoms with Crippen LogP contribution in [0.2, 0.25) is 0 Å². The summed E-state index contributed by atoms with van der Waals surface area (Å²) in [4.78, 5) is 0. The van der Waals surface area contributed by atoms with E-state index in [2.05, 4.69) is 55.5 Å². The lowest BCUT2D eigenvalue weighted by molar-refractivity contribution is -0.00732. The van der Waals surface area contributed by atoms with Crippen LogP contribution in [0.15, 0.2) is 54.6 Å². The Balaban J connectivity index is 1.57. The van der Waals surface area contributed by atoms with E-state index in [4.69, 9.17) is 0 Å². The van der Waals surface area contributed by atoms with Gasteiger partial charge >= 0.3 is 0 Å². The molecule has 1 saturated carbocycles. The molecule has 0 spiro atoms. The average Bonchev–Trinajstić information content (AvgIpc) is 3.43. The molecule has 140 valence electrons. The zero-order valence-electron chi connectivity index (χ0n) is 16.2. The molecule has 0 saturated heterocycles. The Morgan fingerprint density at radius 3 is 2.19 bits per heavy atom. The first kappa shape index (κ1) is 19.1. The van der Waals surface area contributed by atoms with Crippen LogP contribution in [0.4, 0.5) is 0 Å². The van der Waals surface area contributed by atoms with Gasteiger partial charge in [-0.05, 0) is 53.2 Å². The zero-order valence-corrected chi connectivity index (χ0v) is 16.2. The molecule has 2 aromatic carbocycles. The largest absolute Gasteiger partial charge is 0.390 e. The second kappa shape index (κ2) is 8.37. The second-order valence-corrected chi connectivity index (χ2v) is 8.42. The Bertz CT molecular complexity index is 694. The first-order valence-electron chi connectivity index (χ1n) is 9.94. The van der Waals surface area contributed by atoms with Gasteiger partial charge in [0.05, 0.1) is 12.2 Å². The Kier molecular flexibility index (Phi) is 6.16. The van der Waals surface area contributed by atoms with Crippen molar-refractivity contribution in [1.29, 1.82) is 0 Å². The van der Waals surface area contributed by atoms with Crippen molar-refractivity contribution in [3.8, 4) is 0 Å². The van der Waals surface area contributed by atoms with Gasteiger partial charge in [0.25, 0.3) is 0 Å². The molecular weight excluding hydrogens is 320 g/mol. The van der Waals surface area contributed by atoms with Crippen LogP contribution in [0.25, 0.3) is 0 Å². The number of hydrogen-bond acceptors (Lipinski definition) is 2. The molecular formula is C24H32O2. The summed E-state index contributed by atoms with van der Waals surface area (Å²) in [5, 5.41) is 20.3. The summed E-state index contributed by atoms with van der Waals surface area (Å²) in [7, 11) is 0. The van der Waals surface area contributed by atoms with Crippen molar-refractivity contribution >= 4 is 0 Å². The van der Waals surface area contributed by atoms with E-state index in [1.165, 1.54) is 17.5 Å². The van der Waals surface area contributed by atoms with Crippen molar-refractivity contribution in [3.63, 3.8) is 0 Å². The summed E-state index contributed by atoms with van der Waals surface area (Å²) in [6.45, 7) is 6.23. The molecule has 2 heteroatoms. The molecule has 0 aliphatic heterocycles. The SMILES string of the molecule is CC(C)[C@@H](O)[C@H](O)Cc1cccc(CC(C)[C@@H]2C[C@H]2c2ccccc2)c1. The van der Waals surface area contributed by atoms with E-state index in [1.54, 1.807) is 0 Å². The Hall–Kier alpha value is -1.64. The number of hydrogen-bond donors (Lipinski definition) is 2. The van der Waals surface area contributed by atoms with E-state index in [9.17, 15) is 10.2 Å². The summed E-state index contributed by atoms with van der Waals surface area (Å²) in [5.41, 5.74) is 3.92. The molecule has 2 N–H and O–H groups in total. The van der Waals surface area contributed by atoms with Crippen molar-refractivity contribution in [2.24, 2.45) is 17.8 Å². The maximum Gasteiger partial charge on any atom is 0.0841 e. The molecule has 0 bridgehead atoms. The first-order chi connectivity index (χ1) is 12.5. The summed E-state index contributed by atoms with van der Waals surface area (Å²) in [6, 6.07) is 19.4. The molecule has 0 aromatic heterocycles. The minimum absolute atomic E-state index is 0.0676. The summed E-state index contributed by atoms with van der Waals surface area (Å²) >= 11 is 0. The van der Waals surface area contributed by atoms with E-state index >= 15 is 0 Å². The van der Waals surface area contributed by atoms with Gasteiger partial charge in [-0.3, -0.25) is 0 Å². The molecule has 2 nitrogen and oxygen atoms in total. The maximum absolute atomic E-state index is 10.2. The lowest BCUT2D eigenvalue weighted by Crippen LogP contribution is -2.32. The van der Waals surface area contributed by atoms with Gasteiger partial charge in [0.2, 0.25) is 0 Å². The van der Waals surface area contributed by atoms with Gasteiger partial charge in [-0.2, -0.15) is 0 Å². The molecule has 3 rings (SSSR count). The first-order valence-corrected chi connectivity index (χ1v) is 9.94. The van der Waals surface area contributed by atoms with Crippen LogP contribution in [-0.4, -0.2) is 22.4 Å². The molecule has 26 heavy (non-hydrogen) atoms. The number of aliphatic hydroxyl groups excluding tert-OH is 2. The van der Waals surface area contributed by atoms with Crippen LogP contribution in [0.5, 0.6) is 0 Å². The van der Waals surface area contributed by atoms with Crippen LogP contribution in [0, 0.1) is 17.8 Å². The van der Waals surface area contributed by atoms with E-state index in [-0.39, 0.29) is 5.92 Å². The van der Waals surface area contributed by atoms with Gasteiger partial charge in [-0.1, -0.05) is 75.4 Å². The molecule has 1 unspecified atom stereocenters. The average molecular weight is 353 g/mol. The normalized spacial score (nSPS) is 22.8. The monoisotopic (exact) mass is 352 g/mol. The highest BCUT2D eigenvalue weighted by Gasteiger charge is 2.41. The van der Waals surface area contributed by atoms with Gasteiger partial charge in [0, 0.05) is 6.42 Å². The summed E-state index contributed by atoms with van der Waals surface area (Å²) in [6.07, 6.45) is 1.51. The Morgan fingerprint density at radius 2 is 1.54 bits per heavy atom. The van der Waals surface area contributed by atoms with E-state index in [1.807, 2.05) is 19.9 Å². The predicted octanol–water partition coefficient (Wildman–Crippen LogP) is 4.59. The predicted molar refractivity (Wildman–Crippen MR) is 107 cm³/mol. The Labute approximate surface area is 157 Å². The van der Waals surface area contributed by atoms with Gasteiger partial charge in [-0.25, -0.2) is 0 Å². The fourth-order valence-corrected chi connectivity index (χ4v) is 4.14. The number of aliphatic hydroxyl groups is 2.